The van der Waals surface area contributed by atoms with E-state index >= 15 is 0 Å². The highest BCUT2D eigenvalue weighted by Crippen LogP contribution is 2.29. The van der Waals surface area contributed by atoms with Crippen molar-refractivity contribution in [3.05, 3.63) is 71.0 Å². The van der Waals surface area contributed by atoms with Crippen LogP contribution in [-0.4, -0.2) is 65.0 Å². The van der Waals surface area contributed by atoms with Gasteiger partial charge in [-0.2, -0.15) is 0 Å². The molecule has 1 fully saturated rings. The SMILES string of the molecule is COCCn1nnnc1[C@@H](c1ccccc1)N1CCN(c2cccc(Cl)c2)CC1. The summed E-state index contributed by atoms with van der Waals surface area (Å²) in [5.74, 6) is 0.851. The van der Waals surface area contributed by atoms with Gasteiger partial charge in [0.1, 0.15) is 0 Å². The van der Waals surface area contributed by atoms with Crippen LogP contribution in [0, 0.1) is 0 Å². The lowest BCUT2D eigenvalue weighted by Crippen LogP contribution is -2.48. The van der Waals surface area contributed by atoms with Crippen LogP contribution in [-0.2, 0) is 11.3 Å². The van der Waals surface area contributed by atoms with Gasteiger partial charge in [-0.3, -0.25) is 4.90 Å². The minimum absolute atomic E-state index is 0.00423. The zero-order valence-corrected chi connectivity index (χ0v) is 17.2. The fourth-order valence-electron chi connectivity index (χ4n) is 3.81. The Hall–Kier alpha value is -2.48. The highest BCUT2D eigenvalue weighted by molar-refractivity contribution is 6.30. The molecule has 0 amide bonds. The summed E-state index contributed by atoms with van der Waals surface area (Å²) >= 11 is 6.18. The third kappa shape index (κ3) is 4.58. The molecule has 1 aliphatic heterocycles. The molecule has 152 valence electrons. The Morgan fingerprint density at radius 3 is 2.55 bits per heavy atom. The van der Waals surface area contributed by atoms with Gasteiger partial charge in [-0.15, -0.1) is 5.10 Å². The number of anilines is 1. The number of hydrogen-bond acceptors (Lipinski definition) is 6. The molecule has 0 spiro atoms. The molecule has 0 unspecified atom stereocenters. The van der Waals surface area contributed by atoms with Gasteiger partial charge in [-0.1, -0.05) is 48.0 Å². The van der Waals surface area contributed by atoms with Gasteiger partial charge in [0.05, 0.1) is 19.2 Å². The van der Waals surface area contributed by atoms with Crippen molar-refractivity contribution in [2.24, 2.45) is 0 Å². The van der Waals surface area contributed by atoms with Crippen molar-refractivity contribution in [3.63, 3.8) is 0 Å². The van der Waals surface area contributed by atoms with Crippen LogP contribution in [0.5, 0.6) is 0 Å². The summed E-state index contributed by atoms with van der Waals surface area (Å²) in [5, 5.41) is 13.3. The third-order valence-corrected chi connectivity index (χ3v) is 5.51. The van der Waals surface area contributed by atoms with E-state index < -0.39 is 0 Å². The van der Waals surface area contributed by atoms with E-state index in [-0.39, 0.29) is 6.04 Å². The molecule has 2 aromatic carbocycles. The second-order valence-corrected chi connectivity index (χ2v) is 7.51. The summed E-state index contributed by atoms with van der Waals surface area (Å²) in [6.45, 7) is 4.85. The summed E-state index contributed by atoms with van der Waals surface area (Å²) in [6.07, 6.45) is 0. The van der Waals surface area contributed by atoms with Crippen molar-refractivity contribution in [1.29, 1.82) is 0 Å². The number of methoxy groups -OCH3 is 1. The number of nitrogens with zero attached hydrogens (tertiary/aromatic N) is 6. The largest absolute Gasteiger partial charge is 0.383 e. The van der Waals surface area contributed by atoms with E-state index in [1.807, 2.05) is 28.9 Å². The molecule has 8 heteroatoms. The van der Waals surface area contributed by atoms with Crippen molar-refractivity contribution in [2.45, 2.75) is 12.6 Å². The predicted octanol–water partition coefficient (Wildman–Crippen LogP) is 2.88. The zero-order chi connectivity index (χ0) is 20.1. The molecular weight excluding hydrogens is 388 g/mol. The fourth-order valence-corrected chi connectivity index (χ4v) is 4.00. The Morgan fingerprint density at radius 2 is 1.83 bits per heavy atom. The van der Waals surface area contributed by atoms with Crippen molar-refractivity contribution in [2.75, 3.05) is 44.8 Å². The number of hydrogen-bond donors (Lipinski definition) is 0. The topological polar surface area (TPSA) is 59.3 Å². The lowest BCUT2D eigenvalue weighted by Gasteiger charge is -2.40. The first-order valence-corrected chi connectivity index (χ1v) is 10.2. The van der Waals surface area contributed by atoms with E-state index in [2.05, 4.69) is 55.7 Å². The summed E-state index contributed by atoms with van der Waals surface area (Å²) in [5.41, 5.74) is 2.36. The molecule has 0 N–H and O–H groups in total. The maximum absolute atomic E-state index is 6.18. The summed E-state index contributed by atoms with van der Waals surface area (Å²) in [7, 11) is 1.69. The standard InChI is InChI=1S/C21H25ClN6O/c1-29-15-14-28-21(23-24-25-28)20(17-6-3-2-4-7-17)27-12-10-26(11-13-27)19-9-5-8-18(22)16-19/h2-9,16,20H,10-15H2,1H3/t20-/m1/s1. The van der Waals surface area contributed by atoms with E-state index in [1.54, 1.807) is 7.11 Å². The highest BCUT2D eigenvalue weighted by Gasteiger charge is 2.30. The molecule has 0 bridgehead atoms. The molecule has 3 aromatic rings. The Balaban J connectivity index is 1.56. The van der Waals surface area contributed by atoms with Crippen LogP contribution in [0.15, 0.2) is 54.6 Å². The summed E-state index contributed by atoms with van der Waals surface area (Å²) in [6, 6.07) is 18.5. The maximum Gasteiger partial charge on any atom is 0.173 e. The molecule has 1 aromatic heterocycles. The number of benzene rings is 2. The fraction of sp³-hybridized carbons (Fsp3) is 0.381. The lowest BCUT2D eigenvalue weighted by atomic mass is 10.0. The van der Waals surface area contributed by atoms with Gasteiger partial charge >= 0.3 is 0 Å². The van der Waals surface area contributed by atoms with Crippen LogP contribution < -0.4 is 4.90 Å². The Labute approximate surface area is 175 Å². The lowest BCUT2D eigenvalue weighted by molar-refractivity contribution is 0.172. The van der Waals surface area contributed by atoms with Gasteiger partial charge in [-0.05, 0) is 34.2 Å². The van der Waals surface area contributed by atoms with Gasteiger partial charge in [0.25, 0.3) is 0 Å². The first kappa shape index (κ1) is 19.8. The Bertz CT molecular complexity index is 910. The molecule has 0 radical (unpaired) electrons. The number of rotatable bonds is 7. The van der Waals surface area contributed by atoms with Crippen molar-refractivity contribution in [1.82, 2.24) is 25.1 Å². The van der Waals surface area contributed by atoms with Crippen LogP contribution in [0.3, 0.4) is 0 Å². The minimum Gasteiger partial charge on any atom is -0.383 e. The molecule has 1 saturated heterocycles. The Morgan fingerprint density at radius 1 is 1.03 bits per heavy atom. The van der Waals surface area contributed by atoms with Crippen molar-refractivity contribution >= 4 is 17.3 Å². The van der Waals surface area contributed by atoms with Crippen LogP contribution in [0.1, 0.15) is 17.4 Å². The van der Waals surface area contributed by atoms with Crippen molar-refractivity contribution < 1.29 is 4.74 Å². The van der Waals surface area contributed by atoms with Gasteiger partial charge in [0.2, 0.25) is 0 Å². The smallest absolute Gasteiger partial charge is 0.173 e. The van der Waals surface area contributed by atoms with Crippen LogP contribution >= 0.6 is 11.6 Å². The van der Waals surface area contributed by atoms with E-state index in [0.29, 0.717) is 13.2 Å². The number of tetrazole rings is 1. The second kappa shape index (κ2) is 9.35. The molecule has 29 heavy (non-hydrogen) atoms. The molecular formula is C21H25ClN6O. The first-order valence-electron chi connectivity index (χ1n) is 9.81. The average Bonchev–Trinajstić information content (AvgIpc) is 3.22. The van der Waals surface area contributed by atoms with Crippen LogP contribution in [0.2, 0.25) is 5.02 Å². The molecule has 4 rings (SSSR count). The number of halogens is 1. The molecule has 1 aliphatic rings. The molecule has 0 aliphatic carbocycles. The highest BCUT2D eigenvalue weighted by atomic mass is 35.5. The minimum atomic E-state index is 0.00423. The summed E-state index contributed by atoms with van der Waals surface area (Å²) in [4.78, 5) is 4.82. The Kier molecular flexibility index (Phi) is 6.39. The predicted molar refractivity (Wildman–Crippen MR) is 113 cm³/mol. The zero-order valence-electron chi connectivity index (χ0n) is 16.5. The van der Waals surface area contributed by atoms with Crippen LogP contribution in [0.4, 0.5) is 5.69 Å². The van der Waals surface area contributed by atoms with E-state index in [0.717, 1.165) is 37.0 Å². The van der Waals surface area contributed by atoms with Gasteiger partial charge in [-0.25, -0.2) is 4.68 Å². The monoisotopic (exact) mass is 412 g/mol. The number of ether oxygens (including phenoxy) is 1. The molecule has 2 heterocycles. The summed E-state index contributed by atoms with van der Waals surface area (Å²) < 4.78 is 7.08. The van der Waals surface area contributed by atoms with E-state index in [4.69, 9.17) is 16.3 Å². The molecule has 7 nitrogen and oxygen atoms in total. The van der Waals surface area contributed by atoms with E-state index in [1.165, 1.54) is 11.3 Å². The second-order valence-electron chi connectivity index (χ2n) is 7.07. The first-order chi connectivity index (χ1) is 14.3. The number of piperazine rings is 1. The number of aromatic nitrogens is 4. The average molecular weight is 413 g/mol. The third-order valence-electron chi connectivity index (χ3n) is 5.28. The molecule has 1 atom stereocenters. The van der Waals surface area contributed by atoms with Gasteiger partial charge < -0.3 is 9.64 Å². The quantitative estimate of drug-likeness (QED) is 0.594. The molecule has 0 saturated carbocycles. The maximum atomic E-state index is 6.18. The van der Waals surface area contributed by atoms with E-state index in [9.17, 15) is 0 Å². The van der Waals surface area contributed by atoms with Crippen molar-refractivity contribution in [3.8, 4) is 0 Å². The van der Waals surface area contributed by atoms with Crippen LogP contribution in [0.25, 0.3) is 0 Å². The normalized spacial score (nSPS) is 16.1. The van der Waals surface area contributed by atoms with Gasteiger partial charge in [0, 0.05) is 44.0 Å². The van der Waals surface area contributed by atoms with Gasteiger partial charge in [0.15, 0.2) is 5.82 Å².